The van der Waals surface area contributed by atoms with Crippen molar-refractivity contribution in [1.82, 2.24) is 10.6 Å². The second-order valence-corrected chi connectivity index (χ2v) is 3.32. The Labute approximate surface area is 92.8 Å². The Bertz CT molecular complexity index is 418. The molecule has 0 aliphatic carbocycles. The quantitative estimate of drug-likeness (QED) is 0.790. The number of likely N-dealkylation sites (N-methyl/N-ethyl adjacent to an activating group) is 1. The smallest absolute Gasteiger partial charge is 0.251 e. The van der Waals surface area contributed by atoms with E-state index in [1.165, 1.54) is 25.2 Å². The number of hydrogen-bond donors (Lipinski definition) is 2. The van der Waals surface area contributed by atoms with Crippen molar-refractivity contribution < 1.29 is 14.0 Å². The van der Waals surface area contributed by atoms with Gasteiger partial charge in [-0.05, 0) is 30.7 Å². The van der Waals surface area contributed by atoms with Crippen LogP contribution in [-0.2, 0) is 4.79 Å². The Morgan fingerprint density at radius 1 is 1.38 bits per heavy atom. The minimum Gasteiger partial charge on any atom is -0.358 e. The molecule has 16 heavy (non-hydrogen) atoms. The van der Waals surface area contributed by atoms with E-state index in [0.29, 0.717) is 11.1 Å². The molecule has 0 saturated carbocycles. The van der Waals surface area contributed by atoms with Crippen LogP contribution in [0.3, 0.4) is 0 Å². The molecule has 0 atom stereocenters. The van der Waals surface area contributed by atoms with E-state index in [1.54, 1.807) is 6.92 Å². The largest absolute Gasteiger partial charge is 0.358 e. The second kappa shape index (κ2) is 5.25. The molecule has 1 rings (SSSR count). The molecule has 0 saturated heterocycles. The molecular formula is C11H13FN2O2. The van der Waals surface area contributed by atoms with Gasteiger partial charge >= 0.3 is 0 Å². The number of hydrogen-bond acceptors (Lipinski definition) is 2. The number of carbonyl (C=O) groups is 2. The van der Waals surface area contributed by atoms with E-state index in [4.69, 9.17) is 0 Å². The van der Waals surface area contributed by atoms with Crippen molar-refractivity contribution in [3.8, 4) is 0 Å². The van der Waals surface area contributed by atoms with Gasteiger partial charge in [0.2, 0.25) is 5.91 Å². The predicted molar refractivity (Wildman–Crippen MR) is 57.5 cm³/mol. The molecular weight excluding hydrogens is 211 g/mol. The minimum absolute atomic E-state index is 0.0911. The summed E-state index contributed by atoms with van der Waals surface area (Å²) in [5.41, 5.74) is 0.903. The lowest BCUT2D eigenvalue weighted by molar-refractivity contribution is -0.119. The topological polar surface area (TPSA) is 58.2 Å². The third kappa shape index (κ3) is 3.05. The van der Waals surface area contributed by atoms with Crippen LogP contribution in [0.5, 0.6) is 0 Å². The van der Waals surface area contributed by atoms with Crippen LogP contribution in [0, 0.1) is 12.7 Å². The summed E-state index contributed by atoms with van der Waals surface area (Å²) in [6.45, 7) is 1.55. The van der Waals surface area contributed by atoms with Crippen molar-refractivity contribution in [2.45, 2.75) is 6.92 Å². The lowest BCUT2D eigenvalue weighted by Gasteiger charge is -2.06. The van der Waals surface area contributed by atoms with E-state index in [2.05, 4.69) is 10.6 Å². The summed E-state index contributed by atoms with van der Waals surface area (Å²) in [7, 11) is 1.48. The minimum atomic E-state index is -0.389. The molecule has 2 amide bonds. The molecule has 2 N–H and O–H groups in total. The number of carbonyl (C=O) groups excluding carboxylic acids is 2. The first-order chi connectivity index (χ1) is 7.54. The van der Waals surface area contributed by atoms with Crippen LogP contribution < -0.4 is 10.6 Å². The van der Waals surface area contributed by atoms with Crippen LogP contribution >= 0.6 is 0 Å². The van der Waals surface area contributed by atoms with Crippen molar-refractivity contribution >= 4 is 11.8 Å². The van der Waals surface area contributed by atoms with Crippen LogP contribution in [0.2, 0.25) is 0 Å². The van der Waals surface area contributed by atoms with Gasteiger partial charge in [-0.1, -0.05) is 0 Å². The van der Waals surface area contributed by atoms with Crippen LogP contribution in [0.15, 0.2) is 18.2 Å². The van der Waals surface area contributed by atoms with E-state index in [-0.39, 0.29) is 24.2 Å². The predicted octanol–water partition coefficient (Wildman–Crippen LogP) is 0.610. The monoisotopic (exact) mass is 224 g/mol. The zero-order valence-corrected chi connectivity index (χ0v) is 9.13. The molecule has 1 aromatic carbocycles. The summed E-state index contributed by atoms with van der Waals surface area (Å²) in [6, 6.07) is 3.88. The molecule has 0 spiro atoms. The lowest BCUT2D eigenvalue weighted by Crippen LogP contribution is -2.35. The van der Waals surface area contributed by atoms with Gasteiger partial charge < -0.3 is 10.6 Å². The molecule has 0 heterocycles. The molecule has 0 unspecified atom stereocenters. The molecule has 0 fully saturated rings. The van der Waals surface area contributed by atoms with Gasteiger partial charge in [0.25, 0.3) is 5.91 Å². The fraction of sp³-hybridized carbons (Fsp3) is 0.273. The first-order valence-electron chi connectivity index (χ1n) is 4.79. The molecule has 4 nitrogen and oxygen atoms in total. The average molecular weight is 224 g/mol. The summed E-state index contributed by atoms with van der Waals surface area (Å²) in [4.78, 5) is 22.5. The highest BCUT2D eigenvalue weighted by Gasteiger charge is 2.10. The highest BCUT2D eigenvalue weighted by atomic mass is 19.1. The van der Waals surface area contributed by atoms with Gasteiger partial charge in [-0.2, -0.15) is 0 Å². The highest BCUT2D eigenvalue weighted by Crippen LogP contribution is 2.09. The third-order valence-corrected chi connectivity index (χ3v) is 2.12. The second-order valence-electron chi connectivity index (χ2n) is 3.32. The summed E-state index contributed by atoms with van der Waals surface area (Å²) < 4.78 is 12.8. The number of aryl methyl sites for hydroxylation is 1. The Hall–Kier alpha value is -1.91. The van der Waals surface area contributed by atoms with Gasteiger partial charge in [0, 0.05) is 12.6 Å². The SMILES string of the molecule is CNC(=O)CNC(=O)c1ccc(F)cc1C. The van der Waals surface area contributed by atoms with Crippen molar-refractivity contribution in [2.24, 2.45) is 0 Å². The van der Waals surface area contributed by atoms with Gasteiger partial charge in [0.1, 0.15) is 5.82 Å². The molecule has 0 bridgehead atoms. The summed E-state index contributed by atoms with van der Waals surface area (Å²) in [6.07, 6.45) is 0. The van der Waals surface area contributed by atoms with Gasteiger partial charge in [0.15, 0.2) is 0 Å². The van der Waals surface area contributed by atoms with Crippen molar-refractivity contribution in [1.29, 1.82) is 0 Å². The van der Waals surface area contributed by atoms with Crippen molar-refractivity contribution in [2.75, 3.05) is 13.6 Å². The Kier molecular flexibility index (Phi) is 3.99. The first-order valence-corrected chi connectivity index (χ1v) is 4.79. The highest BCUT2D eigenvalue weighted by molar-refractivity contribution is 5.97. The third-order valence-electron chi connectivity index (χ3n) is 2.12. The average Bonchev–Trinajstić information content (AvgIpc) is 2.25. The number of rotatable bonds is 3. The summed E-state index contributed by atoms with van der Waals surface area (Å²) >= 11 is 0. The van der Waals surface area contributed by atoms with E-state index >= 15 is 0 Å². The molecule has 5 heteroatoms. The number of benzene rings is 1. The Balaban J connectivity index is 2.70. The van der Waals surface area contributed by atoms with E-state index in [0.717, 1.165) is 0 Å². The maximum Gasteiger partial charge on any atom is 0.251 e. The maximum atomic E-state index is 12.8. The zero-order valence-electron chi connectivity index (χ0n) is 9.13. The normalized spacial score (nSPS) is 9.69. The number of nitrogens with one attached hydrogen (secondary N) is 2. The van der Waals surface area contributed by atoms with Crippen molar-refractivity contribution in [3.63, 3.8) is 0 Å². The van der Waals surface area contributed by atoms with Crippen molar-refractivity contribution in [3.05, 3.63) is 35.1 Å². The summed E-state index contributed by atoms with van der Waals surface area (Å²) in [5, 5.41) is 4.82. The van der Waals surface area contributed by atoms with Gasteiger partial charge in [-0.25, -0.2) is 4.39 Å². The lowest BCUT2D eigenvalue weighted by atomic mass is 10.1. The van der Waals surface area contributed by atoms with Crippen LogP contribution in [0.25, 0.3) is 0 Å². The Morgan fingerprint density at radius 3 is 2.62 bits per heavy atom. The number of amides is 2. The first kappa shape index (κ1) is 12.2. The van der Waals surface area contributed by atoms with E-state index < -0.39 is 0 Å². The molecule has 86 valence electrons. The van der Waals surface area contributed by atoms with E-state index in [9.17, 15) is 14.0 Å². The van der Waals surface area contributed by atoms with Gasteiger partial charge in [0.05, 0.1) is 6.54 Å². The molecule has 1 aromatic rings. The number of halogens is 1. The van der Waals surface area contributed by atoms with Crippen LogP contribution in [-0.4, -0.2) is 25.4 Å². The maximum absolute atomic E-state index is 12.8. The zero-order chi connectivity index (χ0) is 12.1. The van der Waals surface area contributed by atoms with Crippen LogP contribution in [0.4, 0.5) is 4.39 Å². The fourth-order valence-corrected chi connectivity index (χ4v) is 1.23. The fourth-order valence-electron chi connectivity index (χ4n) is 1.23. The standard InChI is InChI=1S/C11H13FN2O2/c1-7-5-8(12)3-4-9(7)11(16)14-6-10(15)13-2/h3-5H,6H2,1-2H3,(H,13,15)(H,14,16). The molecule has 0 radical (unpaired) electrons. The molecule has 0 aliphatic heterocycles. The van der Waals surface area contributed by atoms with Gasteiger partial charge in [-0.3, -0.25) is 9.59 Å². The van der Waals surface area contributed by atoms with E-state index in [1.807, 2.05) is 0 Å². The Morgan fingerprint density at radius 2 is 2.06 bits per heavy atom. The summed E-state index contributed by atoms with van der Waals surface area (Å²) in [5.74, 6) is -1.06. The molecule has 0 aromatic heterocycles. The van der Waals surface area contributed by atoms with Crippen LogP contribution in [0.1, 0.15) is 15.9 Å². The van der Waals surface area contributed by atoms with Gasteiger partial charge in [-0.15, -0.1) is 0 Å². The molecule has 0 aliphatic rings.